The van der Waals surface area contributed by atoms with E-state index in [1.807, 2.05) is 0 Å². The lowest BCUT2D eigenvalue weighted by molar-refractivity contribution is 0.0951. The van der Waals surface area contributed by atoms with E-state index in [-0.39, 0.29) is 11.6 Å². The molecule has 1 unspecified atom stereocenters. The highest BCUT2D eigenvalue weighted by atomic mass is 19.1. The van der Waals surface area contributed by atoms with Gasteiger partial charge >= 0.3 is 0 Å². The van der Waals surface area contributed by atoms with Gasteiger partial charge in [0.1, 0.15) is 5.82 Å². The Balaban J connectivity index is 1.90. The molecule has 1 amide bonds. The second-order valence-electron chi connectivity index (χ2n) is 4.69. The molecule has 2 rings (SSSR count). The third-order valence-corrected chi connectivity index (χ3v) is 3.37. The maximum Gasteiger partial charge on any atom is 0.253 e. The minimum absolute atomic E-state index is 0.240. The Hall–Kier alpha value is -1.62. The molecule has 0 bridgehead atoms. The Labute approximate surface area is 112 Å². The van der Waals surface area contributed by atoms with E-state index in [1.165, 1.54) is 12.1 Å². The molecule has 1 aromatic carbocycles. The number of benzene rings is 1. The summed E-state index contributed by atoms with van der Waals surface area (Å²) in [7, 11) is 1.60. The van der Waals surface area contributed by atoms with Crippen LogP contribution < -0.4 is 10.6 Å². The van der Waals surface area contributed by atoms with Crippen LogP contribution >= 0.6 is 0 Å². The van der Waals surface area contributed by atoms with Crippen molar-refractivity contribution >= 4 is 11.6 Å². The number of para-hydroxylation sites is 1. The summed E-state index contributed by atoms with van der Waals surface area (Å²) in [5, 5.41) is 5.55. The number of hydrogen-bond donors (Lipinski definition) is 2. The van der Waals surface area contributed by atoms with Crippen LogP contribution in [0.1, 0.15) is 23.2 Å². The third kappa shape index (κ3) is 3.44. The molecule has 0 spiro atoms. The Kier molecular flexibility index (Phi) is 4.74. The van der Waals surface area contributed by atoms with Gasteiger partial charge < -0.3 is 15.4 Å². The molecular formula is C14H19FN2O2. The third-order valence-electron chi connectivity index (χ3n) is 3.37. The van der Waals surface area contributed by atoms with E-state index in [2.05, 4.69) is 10.6 Å². The van der Waals surface area contributed by atoms with Crippen LogP contribution in [-0.2, 0) is 4.74 Å². The molecule has 0 aromatic heterocycles. The highest BCUT2D eigenvalue weighted by molar-refractivity contribution is 5.99. The summed E-state index contributed by atoms with van der Waals surface area (Å²) < 4.78 is 18.8. The standard InChI is InChI=1S/C14H19FN2O2/c1-16-13-11(3-2-4-12(13)15)14(18)17-7-5-10-6-8-19-9-10/h2-4,10,16H,5-9H2,1H3,(H,17,18). The normalized spacial score (nSPS) is 18.3. The van der Waals surface area contributed by atoms with Crippen LogP contribution in [0.3, 0.4) is 0 Å². The van der Waals surface area contributed by atoms with Crippen molar-refractivity contribution in [2.75, 3.05) is 32.1 Å². The number of carbonyl (C=O) groups excluding carboxylic acids is 1. The maximum absolute atomic E-state index is 13.5. The molecule has 1 aliphatic heterocycles. The van der Waals surface area contributed by atoms with E-state index in [1.54, 1.807) is 13.1 Å². The lowest BCUT2D eigenvalue weighted by Crippen LogP contribution is -2.27. The van der Waals surface area contributed by atoms with Gasteiger partial charge in [-0.15, -0.1) is 0 Å². The molecule has 5 heteroatoms. The van der Waals surface area contributed by atoms with Gasteiger partial charge in [0.05, 0.1) is 11.3 Å². The summed E-state index contributed by atoms with van der Waals surface area (Å²) in [5.74, 6) is -0.140. The molecule has 0 saturated carbocycles. The van der Waals surface area contributed by atoms with Crippen molar-refractivity contribution in [2.24, 2.45) is 5.92 Å². The summed E-state index contributed by atoms with van der Waals surface area (Å²) in [6.07, 6.45) is 1.95. The van der Waals surface area contributed by atoms with Gasteiger partial charge in [-0.1, -0.05) is 6.07 Å². The number of hydrogen-bond acceptors (Lipinski definition) is 3. The Morgan fingerprint density at radius 2 is 2.37 bits per heavy atom. The van der Waals surface area contributed by atoms with Gasteiger partial charge in [-0.3, -0.25) is 4.79 Å². The van der Waals surface area contributed by atoms with Crippen molar-refractivity contribution in [3.05, 3.63) is 29.6 Å². The predicted molar refractivity (Wildman–Crippen MR) is 71.8 cm³/mol. The van der Waals surface area contributed by atoms with E-state index in [0.29, 0.717) is 18.0 Å². The molecule has 0 aliphatic carbocycles. The van der Waals surface area contributed by atoms with Crippen LogP contribution in [-0.4, -0.2) is 32.7 Å². The largest absolute Gasteiger partial charge is 0.385 e. The molecule has 1 atom stereocenters. The molecular weight excluding hydrogens is 247 g/mol. The fourth-order valence-electron chi connectivity index (χ4n) is 2.26. The quantitative estimate of drug-likeness (QED) is 0.857. The van der Waals surface area contributed by atoms with Crippen LogP contribution in [0.2, 0.25) is 0 Å². The number of rotatable bonds is 5. The number of anilines is 1. The number of amides is 1. The minimum atomic E-state index is -0.417. The molecule has 1 fully saturated rings. The van der Waals surface area contributed by atoms with Gasteiger partial charge in [0.2, 0.25) is 0 Å². The van der Waals surface area contributed by atoms with Crippen molar-refractivity contribution in [3.8, 4) is 0 Å². The second-order valence-corrected chi connectivity index (χ2v) is 4.69. The van der Waals surface area contributed by atoms with Gasteiger partial charge in [0.15, 0.2) is 0 Å². The average molecular weight is 266 g/mol. The summed E-state index contributed by atoms with van der Waals surface area (Å²) in [6.45, 7) is 2.18. The Bertz CT molecular complexity index is 445. The molecule has 1 aliphatic rings. The molecule has 1 heterocycles. The molecule has 4 nitrogen and oxygen atoms in total. The monoisotopic (exact) mass is 266 g/mol. The molecule has 19 heavy (non-hydrogen) atoms. The Morgan fingerprint density at radius 3 is 3.05 bits per heavy atom. The van der Waals surface area contributed by atoms with Crippen LogP contribution in [0.15, 0.2) is 18.2 Å². The van der Waals surface area contributed by atoms with Crippen LogP contribution in [0.25, 0.3) is 0 Å². The maximum atomic E-state index is 13.5. The zero-order valence-electron chi connectivity index (χ0n) is 11.0. The predicted octanol–water partition coefficient (Wildman–Crippen LogP) is 2.02. The Morgan fingerprint density at radius 1 is 1.53 bits per heavy atom. The molecule has 104 valence electrons. The van der Waals surface area contributed by atoms with Crippen molar-refractivity contribution < 1.29 is 13.9 Å². The first-order valence-corrected chi connectivity index (χ1v) is 6.54. The lowest BCUT2D eigenvalue weighted by atomic mass is 10.1. The first-order valence-electron chi connectivity index (χ1n) is 6.54. The fraction of sp³-hybridized carbons (Fsp3) is 0.500. The topological polar surface area (TPSA) is 50.4 Å². The minimum Gasteiger partial charge on any atom is -0.385 e. The van der Waals surface area contributed by atoms with E-state index < -0.39 is 5.82 Å². The van der Waals surface area contributed by atoms with Gasteiger partial charge in [-0.2, -0.15) is 0 Å². The van der Waals surface area contributed by atoms with Crippen molar-refractivity contribution in [3.63, 3.8) is 0 Å². The van der Waals surface area contributed by atoms with E-state index in [4.69, 9.17) is 4.74 Å². The fourth-order valence-corrected chi connectivity index (χ4v) is 2.26. The van der Waals surface area contributed by atoms with Crippen LogP contribution in [0, 0.1) is 11.7 Å². The van der Waals surface area contributed by atoms with Crippen molar-refractivity contribution in [2.45, 2.75) is 12.8 Å². The lowest BCUT2D eigenvalue weighted by Gasteiger charge is -2.12. The smallest absolute Gasteiger partial charge is 0.253 e. The number of halogens is 1. The average Bonchev–Trinajstić information content (AvgIpc) is 2.91. The molecule has 1 saturated heterocycles. The van der Waals surface area contributed by atoms with E-state index in [9.17, 15) is 9.18 Å². The highest BCUT2D eigenvalue weighted by Crippen LogP contribution is 2.19. The van der Waals surface area contributed by atoms with Crippen LogP contribution in [0.5, 0.6) is 0 Å². The van der Waals surface area contributed by atoms with Crippen LogP contribution in [0.4, 0.5) is 10.1 Å². The highest BCUT2D eigenvalue weighted by Gasteiger charge is 2.17. The first-order chi connectivity index (χ1) is 9.22. The molecule has 0 radical (unpaired) electrons. The number of nitrogens with one attached hydrogen (secondary N) is 2. The summed E-state index contributed by atoms with van der Waals surface area (Å²) in [6, 6.07) is 4.48. The summed E-state index contributed by atoms with van der Waals surface area (Å²) >= 11 is 0. The van der Waals surface area contributed by atoms with E-state index in [0.717, 1.165) is 26.1 Å². The zero-order valence-corrected chi connectivity index (χ0v) is 11.0. The summed E-state index contributed by atoms with van der Waals surface area (Å²) in [4.78, 5) is 12.0. The summed E-state index contributed by atoms with van der Waals surface area (Å²) in [5.41, 5.74) is 0.578. The SMILES string of the molecule is CNc1c(F)cccc1C(=O)NCCC1CCOC1. The van der Waals surface area contributed by atoms with E-state index >= 15 is 0 Å². The first kappa shape index (κ1) is 13.8. The molecule has 2 N–H and O–H groups in total. The van der Waals surface area contributed by atoms with Gasteiger partial charge in [0.25, 0.3) is 5.91 Å². The van der Waals surface area contributed by atoms with Crippen molar-refractivity contribution in [1.29, 1.82) is 0 Å². The van der Waals surface area contributed by atoms with Gasteiger partial charge in [0, 0.05) is 26.8 Å². The number of ether oxygens (including phenoxy) is 1. The van der Waals surface area contributed by atoms with Gasteiger partial charge in [-0.05, 0) is 30.9 Å². The van der Waals surface area contributed by atoms with Gasteiger partial charge in [-0.25, -0.2) is 4.39 Å². The molecule has 1 aromatic rings. The van der Waals surface area contributed by atoms with Crippen molar-refractivity contribution in [1.82, 2.24) is 5.32 Å². The zero-order chi connectivity index (χ0) is 13.7. The number of carbonyl (C=O) groups is 1. The second kappa shape index (κ2) is 6.52.